The zero-order valence-electron chi connectivity index (χ0n) is 13.1. The summed E-state index contributed by atoms with van der Waals surface area (Å²) in [6.07, 6.45) is 1.65. The van der Waals surface area contributed by atoms with Crippen molar-refractivity contribution in [3.05, 3.63) is 82.2 Å². The quantitative estimate of drug-likeness (QED) is 0.407. The molecular weight excluding hydrogens is 300 g/mol. The molecule has 0 saturated heterocycles. The van der Waals surface area contributed by atoms with Crippen molar-refractivity contribution in [1.82, 2.24) is 4.98 Å². The van der Waals surface area contributed by atoms with Crippen LogP contribution in [0.1, 0.15) is 11.1 Å². The maximum Gasteiger partial charge on any atom is 0.363 e. The van der Waals surface area contributed by atoms with Crippen molar-refractivity contribution in [3.8, 4) is 0 Å². The first kappa shape index (κ1) is 14.3. The van der Waals surface area contributed by atoms with Gasteiger partial charge in [-0.25, -0.2) is 14.8 Å². The molecule has 0 amide bonds. The third kappa shape index (κ3) is 2.58. The van der Waals surface area contributed by atoms with Gasteiger partial charge in [0.25, 0.3) is 0 Å². The Labute approximate surface area is 138 Å². The molecule has 2 aromatic carbocycles. The van der Waals surface area contributed by atoms with E-state index in [4.69, 9.17) is 4.42 Å². The largest absolute Gasteiger partial charge is 0.402 e. The lowest BCUT2D eigenvalue weighted by Crippen LogP contribution is -1.99. The molecular formula is C20H14N2O2. The highest BCUT2D eigenvalue weighted by molar-refractivity contribution is 5.93. The van der Waals surface area contributed by atoms with Gasteiger partial charge in [0.2, 0.25) is 5.71 Å². The van der Waals surface area contributed by atoms with Gasteiger partial charge in [0.15, 0.2) is 0 Å². The molecule has 116 valence electrons. The average molecular weight is 314 g/mol. The highest BCUT2D eigenvalue weighted by Gasteiger charge is 2.08. The minimum absolute atomic E-state index is 0.264. The van der Waals surface area contributed by atoms with E-state index in [0.717, 1.165) is 27.4 Å². The van der Waals surface area contributed by atoms with E-state index in [1.54, 1.807) is 12.3 Å². The predicted octanol–water partition coefficient (Wildman–Crippen LogP) is 4.40. The van der Waals surface area contributed by atoms with Crippen LogP contribution in [0, 0.1) is 6.92 Å². The molecule has 2 heterocycles. The lowest BCUT2D eigenvalue weighted by Gasteiger charge is -2.03. The monoisotopic (exact) mass is 314 g/mol. The number of para-hydroxylation sites is 1. The normalized spacial score (nSPS) is 11.5. The molecule has 0 atom stereocenters. The Morgan fingerprint density at radius 1 is 1.00 bits per heavy atom. The molecule has 4 rings (SSSR count). The molecule has 4 nitrogen and oxygen atoms in total. The van der Waals surface area contributed by atoms with Crippen molar-refractivity contribution in [3.63, 3.8) is 0 Å². The van der Waals surface area contributed by atoms with Crippen LogP contribution in [0.2, 0.25) is 0 Å². The molecule has 0 aliphatic heterocycles. The lowest BCUT2D eigenvalue weighted by atomic mass is 10.1. The van der Waals surface area contributed by atoms with Crippen molar-refractivity contribution in [2.45, 2.75) is 6.92 Å². The van der Waals surface area contributed by atoms with Gasteiger partial charge in [0.1, 0.15) is 5.69 Å². The second-order valence-corrected chi connectivity index (χ2v) is 5.62. The Kier molecular flexibility index (Phi) is 3.43. The highest BCUT2D eigenvalue weighted by atomic mass is 16.4. The Hall–Kier alpha value is -3.27. The maximum absolute atomic E-state index is 12.2. The van der Waals surface area contributed by atoms with Gasteiger partial charge in [-0.1, -0.05) is 48.5 Å². The van der Waals surface area contributed by atoms with E-state index in [2.05, 4.69) is 9.98 Å². The van der Waals surface area contributed by atoms with Crippen LogP contribution in [0.25, 0.3) is 22.0 Å². The summed E-state index contributed by atoms with van der Waals surface area (Å²) in [5, 5.41) is 1.77. The Balaban J connectivity index is 1.86. The molecule has 4 aromatic rings. The fourth-order valence-electron chi connectivity index (χ4n) is 2.65. The number of fused-ring (bicyclic) bond motifs is 2. The van der Waals surface area contributed by atoms with E-state index in [0.29, 0.717) is 5.71 Å². The van der Waals surface area contributed by atoms with E-state index < -0.39 is 5.63 Å². The van der Waals surface area contributed by atoms with Gasteiger partial charge in [-0.05, 0) is 30.2 Å². The van der Waals surface area contributed by atoms with E-state index in [9.17, 15) is 4.79 Å². The molecule has 2 aromatic heterocycles. The molecule has 0 unspecified atom stereocenters. The standard InChI is InChI=1S/C20H14N2O2/c1-13-6-5-9-15-10-16-11-17(20(23)24-19(16)22-18(13)15)21-12-14-7-3-2-4-8-14/h2-12H,1H3. The lowest BCUT2D eigenvalue weighted by molar-refractivity contribution is 0.552. The van der Waals surface area contributed by atoms with Crippen LogP contribution in [-0.4, -0.2) is 11.2 Å². The van der Waals surface area contributed by atoms with E-state index in [1.807, 2.05) is 61.5 Å². The molecule has 4 heteroatoms. The molecule has 24 heavy (non-hydrogen) atoms. The third-order valence-electron chi connectivity index (χ3n) is 3.88. The first-order valence-corrected chi connectivity index (χ1v) is 7.64. The number of hydrogen-bond donors (Lipinski definition) is 0. The van der Waals surface area contributed by atoms with Gasteiger partial charge in [0, 0.05) is 17.0 Å². The number of pyridine rings is 1. The topological polar surface area (TPSA) is 55.5 Å². The summed E-state index contributed by atoms with van der Waals surface area (Å²) in [5.41, 5.74) is 2.91. The van der Waals surface area contributed by atoms with Crippen LogP contribution >= 0.6 is 0 Å². The highest BCUT2D eigenvalue weighted by Crippen LogP contribution is 2.23. The Bertz CT molecular complexity index is 1130. The summed E-state index contributed by atoms with van der Waals surface area (Å²) < 4.78 is 5.36. The number of aliphatic imine (C=N–C) groups is 1. The molecule has 0 spiro atoms. The van der Waals surface area contributed by atoms with Crippen LogP contribution in [-0.2, 0) is 0 Å². The van der Waals surface area contributed by atoms with E-state index >= 15 is 0 Å². The average Bonchev–Trinajstić information content (AvgIpc) is 2.60. The zero-order chi connectivity index (χ0) is 16.5. The van der Waals surface area contributed by atoms with E-state index in [1.165, 1.54) is 0 Å². The number of nitrogens with zero attached hydrogens (tertiary/aromatic N) is 2. The van der Waals surface area contributed by atoms with Gasteiger partial charge in [-0.3, -0.25) is 0 Å². The van der Waals surface area contributed by atoms with Crippen LogP contribution in [0.3, 0.4) is 0 Å². The fraction of sp³-hybridized carbons (Fsp3) is 0.0500. The summed E-state index contributed by atoms with van der Waals surface area (Å²) in [4.78, 5) is 20.9. The van der Waals surface area contributed by atoms with Crippen molar-refractivity contribution in [2.75, 3.05) is 0 Å². The van der Waals surface area contributed by atoms with Crippen LogP contribution in [0.15, 0.2) is 74.9 Å². The van der Waals surface area contributed by atoms with Gasteiger partial charge in [-0.15, -0.1) is 0 Å². The van der Waals surface area contributed by atoms with Crippen molar-refractivity contribution < 1.29 is 4.42 Å². The molecule has 0 fully saturated rings. The zero-order valence-corrected chi connectivity index (χ0v) is 13.1. The van der Waals surface area contributed by atoms with Crippen LogP contribution < -0.4 is 5.63 Å². The molecule has 0 aliphatic carbocycles. The molecule has 0 saturated carbocycles. The van der Waals surface area contributed by atoms with Gasteiger partial charge in [-0.2, -0.15) is 0 Å². The smallest absolute Gasteiger partial charge is 0.363 e. The number of benzene rings is 2. The Morgan fingerprint density at radius 3 is 2.67 bits per heavy atom. The van der Waals surface area contributed by atoms with Crippen molar-refractivity contribution >= 4 is 33.9 Å². The van der Waals surface area contributed by atoms with Crippen LogP contribution in [0.5, 0.6) is 0 Å². The van der Waals surface area contributed by atoms with Gasteiger partial charge >= 0.3 is 5.63 Å². The third-order valence-corrected chi connectivity index (χ3v) is 3.88. The second-order valence-electron chi connectivity index (χ2n) is 5.62. The summed E-state index contributed by atoms with van der Waals surface area (Å²) >= 11 is 0. The molecule has 0 aliphatic rings. The van der Waals surface area contributed by atoms with Crippen molar-refractivity contribution in [1.29, 1.82) is 0 Å². The fourth-order valence-corrected chi connectivity index (χ4v) is 2.65. The molecule has 0 N–H and O–H groups in total. The Morgan fingerprint density at radius 2 is 1.83 bits per heavy atom. The number of aromatic nitrogens is 1. The number of rotatable bonds is 2. The summed E-state index contributed by atoms with van der Waals surface area (Å²) in [5.74, 6) is 0. The van der Waals surface area contributed by atoms with Gasteiger partial charge < -0.3 is 4.42 Å². The summed E-state index contributed by atoms with van der Waals surface area (Å²) in [6, 6.07) is 19.3. The van der Waals surface area contributed by atoms with Gasteiger partial charge in [0.05, 0.1) is 5.52 Å². The minimum atomic E-state index is -0.491. The number of aryl methyl sites for hydroxylation is 1. The molecule has 0 bridgehead atoms. The molecule has 0 radical (unpaired) electrons. The van der Waals surface area contributed by atoms with Crippen molar-refractivity contribution in [2.24, 2.45) is 4.99 Å². The maximum atomic E-state index is 12.2. The summed E-state index contributed by atoms with van der Waals surface area (Å²) in [7, 11) is 0. The second kappa shape index (κ2) is 5.74. The predicted molar refractivity (Wildman–Crippen MR) is 96.2 cm³/mol. The summed E-state index contributed by atoms with van der Waals surface area (Å²) in [6.45, 7) is 1.98. The first-order chi connectivity index (χ1) is 11.7. The number of hydrogen-bond acceptors (Lipinski definition) is 4. The van der Waals surface area contributed by atoms with Crippen LogP contribution in [0.4, 0.5) is 5.69 Å². The SMILES string of the molecule is Cc1cccc2cc3cc(N=Cc4ccccc4)c(=O)oc3nc12. The van der Waals surface area contributed by atoms with E-state index in [-0.39, 0.29) is 5.69 Å². The minimum Gasteiger partial charge on any atom is -0.402 e. The first-order valence-electron chi connectivity index (χ1n) is 7.64.